The van der Waals surface area contributed by atoms with Crippen molar-refractivity contribution in [3.8, 4) is 5.82 Å². The molecule has 0 saturated carbocycles. The summed E-state index contributed by atoms with van der Waals surface area (Å²) in [5.74, 6) is 0.557. The van der Waals surface area contributed by atoms with E-state index < -0.39 is 5.82 Å². The van der Waals surface area contributed by atoms with E-state index in [2.05, 4.69) is 9.97 Å². The number of nitrogens with zero attached hydrogens (tertiary/aromatic N) is 3. The van der Waals surface area contributed by atoms with E-state index in [1.165, 1.54) is 18.2 Å². The van der Waals surface area contributed by atoms with Gasteiger partial charge in [-0.2, -0.15) is 0 Å². The SMILES string of the molecule is CCc1nc2ccc(F)cc2n1-c1ccc(F)cn1. The van der Waals surface area contributed by atoms with Crippen molar-refractivity contribution < 1.29 is 8.78 Å². The quantitative estimate of drug-likeness (QED) is 0.707. The van der Waals surface area contributed by atoms with E-state index in [4.69, 9.17) is 0 Å². The zero-order valence-corrected chi connectivity index (χ0v) is 10.3. The van der Waals surface area contributed by atoms with E-state index in [0.29, 0.717) is 23.3 Å². The molecule has 2 aromatic heterocycles. The first-order valence-electron chi connectivity index (χ1n) is 5.98. The van der Waals surface area contributed by atoms with Gasteiger partial charge < -0.3 is 0 Å². The fourth-order valence-electron chi connectivity index (χ4n) is 2.09. The van der Waals surface area contributed by atoms with E-state index in [0.717, 1.165) is 12.0 Å². The van der Waals surface area contributed by atoms with Crippen LogP contribution in [0.25, 0.3) is 16.9 Å². The van der Waals surface area contributed by atoms with Crippen LogP contribution in [0.1, 0.15) is 12.7 Å². The highest BCUT2D eigenvalue weighted by molar-refractivity contribution is 5.78. The highest BCUT2D eigenvalue weighted by Gasteiger charge is 2.12. The predicted molar refractivity (Wildman–Crippen MR) is 68.2 cm³/mol. The second-order valence-electron chi connectivity index (χ2n) is 4.18. The van der Waals surface area contributed by atoms with Crippen LogP contribution in [0, 0.1) is 11.6 Å². The molecule has 96 valence electrons. The first-order valence-corrected chi connectivity index (χ1v) is 5.98. The van der Waals surface area contributed by atoms with Gasteiger partial charge in [-0.1, -0.05) is 6.92 Å². The third-order valence-electron chi connectivity index (χ3n) is 2.94. The average molecular weight is 259 g/mol. The lowest BCUT2D eigenvalue weighted by molar-refractivity contribution is 0.619. The molecule has 0 unspecified atom stereocenters. The Bertz CT molecular complexity index is 732. The standard InChI is InChI=1S/C14H11F2N3/c1-2-13-18-11-5-3-9(15)7-12(11)19(13)14-6-4-10(16)8-17-14/h3-8H,2H2,1H3. The number of imidazole rings is 1. The predicted octanol–water partition coefficient (Wildman–Crippen LogP) is 3.26. The second-order valence-corrected chi connectivity index (χ2v) is 4.18. The minimum absolute atomic E-state index is 0.335. The lowest BCUT2D eigenvalue weighted by atomic mass is 10.3. The first kappa shape index (κ1) is 11.8. The van der Waals surface area contributed by atoms with Gasteiger partial charge in [0.2, 0.25) is 0 Å². The molecule has 0 radical (unpaired) electrons. The Morgan fingerprint density at radius 1 is 1.11 bits per heavy atom. The topological polar surface area (TPSA) is 30.7 Å². The van der Waals surface area contributed by atoms with Crippen LogP contribution < -0.4 is 0 Å². The molecule has 5 heteroatoms. The third kappa shape index (κ3) is 1.97. The van der Waals surface area contributed by atoms with Gasteiger partial charge in [-0.3, -0.25) is 4.57 Å². The van der Waals surface area contributed by atoms with Crippen molar-refractivity contribution in [2.24, 2.45) is 0 Å². The van der Waals surface area contributed by atoms with Crippen molar-refractivity contribution in [3.63, 3.8) is 0 Å². The summed E-state index contributed by atoms with van der Waals surface area (Å²) >= 11 is 0. The van der Waals surface area contributed by atoms with Crippen LogP contribution in [0.5, 0.6) is 0 Å². The monoisotopic (exact) mass is 259 g/mol. The average Bonchev–Trinajstić information content (AvgIpc) is 2.77. The Labute approximate surface area is 108 Å². The summed E-state index contributed by atoms with van der Waals surface area (Å²) in [6.07, 6.45) is 1.81. The van der Waals surface area contributed by atoms with Gasteiger partial charge in [-0.15, -0.1) is 0 Å². The van der Waals surface area contributed by atoms with Crippen LogP contribution in [0.15, 0.2) is 36.5 Å². The van der Waals surface area contributed by atoms with Gasteiger partial charge in [0, 0.05) is 12.5 Å². The van der Waals surface area contributed by atoms with Crippen molar-refractivity contribution in [2.75, 3.05) is 0 Å². The van der Waals surface area contributed by atoms with Crippen LogP contribution in [-0.4, -0.2) is 14.5 Å². The Morgan fingerprint density at radius 3 is 2.58 bits per heavy atom. The summed E-state index contributed by atoms with van der Waals surface area (Å²) in [6, 6.07) is 7.29. The smallest absolute Gasteiger partial charge is 0.141 e. The molecule has 0 fully saturated rings. The van der Waals surface area contributed by atoms with Crippen molar-refractivity contribution in [2.45, 2.75) is 13.3 Å². The number of rotatable bonds is 2. The van der Waals surface area contributed by atoms with Crippen molar-refractivity contribution in [1.82, 2.24) is 14.5 Å². The summed E-state index contributed by atoms with van der Waals surface area (Å²) in [4.78, 5) is 8.47. The maximum absolute atomic E-state index is 13.4. The number of aromatic nitrogens is 3. The van der Waals surface area contributed by atoms with Gasteiger partial charge in [0.15, 0.2) is 0 Å². The largest absolute Gasteiger partial charge is 0.280 e. The lowest BCUT2D eigenvalue weighted by Gasteiger charge is -2.06. The molecule has 1 aromatic carbocycles. The van der Waals surface area contributed by atoms with Gasteiger partial charge in [0.1, 0.15) is 23.3 Å². The molecule has 3 nitrogen and oxygen atoms in total. The van der Waals surface area contributed by atoms with Gasteiger partial charge in [-0.25, -0.2) is 18.7 Å². The number of fused-ring (bicyclic) bond motifs is 1. The van der Waals surface area contributed by atoms with Crippen molar-refractivity contribution in [3.05, 3.63) is 54.0 Å². The molecule has 0 atom stereocenters. The summed E-state index contributed by atoms with van der Waals surface area (Å²) in [5.41, 5.74) is 1.33. The Balaban J connectivity index is 2.31. The van der Waals surface area contributed by atoms with Crippen LogP contribution in [-0.2, 0) is 6.42 Å². The highest BCUT2D eigenvalue weighted by Crippen LogP contribution is 2.21. The summed E-state index contributed by atoms with van der Waals surface area (Å²) in [7, 11) is 0. The molecule has 0 N–H and O–H groups in total. The molecular weight excluding hydrogens is 248 g/mol. The van der Waals surface area contributed by atoms with E-state index >= 15 is 0 Å². The molecule has 3 rings (SSSR count). The Kier molecular flexibility index (Phi) is 2.74. The number of halogens is 2. The second kappa shape index (κ2) is 4.42. The normalized spacial score (nSPS) is 11.1. The molecule has 0 aliphatic carbocycles. The van der Waals surface area contributed by atoms with E-state index in [1.807, 2.05) is 6.92 Å². The molecule has 0 bridgehead atoms. The third-order valence-corrected chi connectivity index (χ3v) is 2.94. The summed E-state index contributed by atoms with van der Waals surface area (Å²) in [6.45, 7) is 1.96. The number of hydrogen-bond acceptors (Lipinski definition) is 2. The van der Waals surface area contributed by atoms with Crippen LogP contribution in [0.3, 0.4) is 0 Å². The summed E-state index contributed by atoms with van der Waals surface area (Å²) < 4.78 is 28.1. The zero-order valence-electron chi connectivity index (χ0n) is 10.3. The molecule has 0 saturated heterocycles. The van der Waals surface area contributed by atoms with E-state index in [-0.39, 0.29) is 5.82 Å². The zero-order chi connectivity index (χ0) is 13.4. The Hall–Kier alpha value is -2.30. The Morgan fingerprint density at radius 2 is 1.89 bits per heavy atom. The lowest BCUT2D eigenvalue weighted by Crippen LogP contribution is -2.02. The minimum atomic E-state index is -0.405. The van der Waals surface area contributed by atoms with Crippen LogP contribution in [0.4, 0.5) is 8.78 Å². The van der Waals surface area contributed by atoms with Crippen molar-refractivity contribution in [1.29, 1.82) is 0 Å². The maximum atomic E-state index is 13.4. The van der Waals surface area contributed by atoms with Gasteiger partial charge in [0.05, 0.1) is 17.2 Å². The molecular formula is C14H11F2N3. The van der Waals surface area contributed by atoms with Gasteiger partial charge in [-0.05, 0) is 24.3 Å². The fraction of sp³-hybridized carbons (Fsp3) is 0.143. The molecule has 19 heavy (non-hydrogen) atoms. The molecule has 2 heterocycles. The number of benzene rings is 1. The number of pyridine rings is 1. The van der Waals surface area contributed by atoms with Gasteiger partial charge in [0.25, 0.3) is 0 Å². The first-order chi connectivity index (χ1) is 9.19. The highest BCUT2D eigenvalue weighted by atomic mass is 19.1. The van der Waals surface area contributed by atoms with Crippen LogP contribution >= 0.6 is 0 Å². The molecule has 0 aliphatic rings. The van der Waals surface area contributed by atoms with Gasteiger partial charge >= 0.3 is 0 Å². The molecule has 0 spiro atoms. The van der Waals surface area contributed by atoms with E-state index in [9.17, 15) is 8.78 Å². The molecule has 3 aromatic rings. The fourth-order valence-corrected chi connectivity index (χ4v) is 2.09. The maximum Gasteiger partial charge on any atom is 0.141 e. The van der Waals surface area contributed by atoms with Crippen molar-refractivity contribution >= 4 is 11.0 Å². The molecule has 0 aliphatic heterocycles. The minimum Gasteiger partial charge on any atom is -0.280 e. The molecule has 0 amide bonds. The van der Waals surface area contributed by atoms with Crippen LogP contribution in [0.2, 0.25) is 0 Å². The number of aryl methyl sites for hydroxylation is 1. The summed E-state index contributed by atoms with van der Waals surface area (Å²) in [5, 5.41) is 0. The van der Waals surface area contributed by atoms with E-state index in [1.54, 1.807) is 16.7 Å². The number of hydrogen-bond donors (Lipinski definition) is 0.